The van der Waals surface area contributed by atoms with Gasteiger partial charge in [0, 0.05) is 24.2 Å². The number of halogens is 1. The lowest BCUT2D eigenvalue weighted by Gasteiger charge is -2.33. The molecule has 35 heavy (non-hydrogen) atoms. The number of rotatable bonds is 6. The molecule has 1 heterocycles. The molecular formula is C28H23FN2O3S. The van der Waals surface area contributed by atoms with Gasteiger partial charge in [0.15, 0.2) is 0 Å². The Morgan fingerprint density at radius 1 is 0.743 bits per heavy atom. The molecule has 7 heteroatoms. The SMILES string of the molecule is O=C(CN1c2ccc(F)cc2-c2ccccc2S1(=O)=O)N(Cc1ccccc1)Cc1ccccc1. The van der Waals surface area contributed by atoms with Gasteiger partial charge in [-0.3, -0.25) is 9.10 Å². The van der Waals surface area contributed by atoms with Gasteiger partial charge in [-0.05, 0) is 35.4 Å². The Balaban J connectivity index is 1.52. The summed E-state index contributed by atoms with van der Waals surface area (Å²) in [5, 5.41) is 0. The predicted octanol–water partition coefficient (Wildman–Crippen LogP) is 5.23. The Kier molecular flexibility index (Phi) is 6.09. The number of carbonyl (C=O) groups is 1. The third kappa shape index (κ3) is 4.55. The number of hydrogen-bond donors (Lipinski definition) is 0. The number of amides is 1. The number of fused-ring (bicyclic) bond motifs is 3. The van der Waals surface area contributed by atoms with Crippen LogP contribution in [-0.4, -0.2) is 25.8 Å². The highest BCUT2D eigenvalue weighted by atomic mass is 32.2. The molecule has 0 spiro atoms. The summed E-state index contributed by atoms with van der Waals surface area (Å²) in [6.07, 6.45) is 0. The Bertz CT molecular complexity index is 1430. The zero-order valence-electron chi connectivity index (χ0n) is 18.8. The van der Waals surface area contributed by atoms with Gasteiger partial charge in [0.2, 0.25) is 5.91 Å². The first-order valence-corrected chi connectivity index (χ1v) is 12.6. The molecule has 0 saturated heterocycles. The molecule has 5 rings (SSSR count). The Labute approximate surface area is 204 Å². The summed E-state index contributed by atoms with van der Waals surface area (Å²) in [7, 11) is -4.02. The van der Waals surface area contributed by atoms with E-state index in [0.717, 1.165) is 15.4 Å². The van der Waals surface area contributed by atoms with Crippen LogP contribution in [0, 0.1) is 5.82 Å². The van der Waals surface area contributed by atoms with Crippen LogP contribution in [0.1, 0.15) is 11.1 Å². The van der Waals surface area contributed by atoms with Gasteiger partial charge in [0.05, 0.1) is 10.6 Å². The first-order valence-electron chi connectivity index (χ1n) is 11.2. The normalized spacial score (nSPS) is 13.6. The summed E-state index contributed by atoms with van der Waals surface area (Å²) in [6, 6.07) is 29.5. The molecule has 0 aliphatic carbocycles. The fourth-order valence-corrected chi connectivity index (χ4v) is 5.98. The van der Waals surface area contributed by atoms with E-state index in [1.54, 1.807) is 23.1 Å². The molecule has 176 valence electrons. The quantitative estimate of drug-likeness (QED) is 0.375. The van der Waals surface area contributed by atoms with E-state index in [-0.39, 0.29) is 16.5 Å². The highest BCUT2D eigenvalue weighted by molar-refractivity contribution is 7.93. The second-order valence-corrected chi connectivity index (χ2v) is 10.2. The van der Waals surface area contributed by atoms with Crippen LogP contribution in [0.25, 0.3) is 11.1 Å². The summed E-state index contributed by atoms with van der Waals surface area (Å²) in [5.74, 6) is -0.824. The monoisotopic (exact) mass is 486 g/mol. The van der Waals surface area contributed by atoms with E-state index in [1.807, 2.05) is 60.7 Å². The average Bonchev–Trinajstić information content (AvgIpc) is 2.87. The van der Waals surface area contributed by atoms with Crippen LogP contribution in [0.2, 0.25) is 0 Å². The van der Waals surface area contributed by atoms with Crippen molar-refractivity contribution in [3.05, 3.63) is 120 Å². The summed E-state index contributed by atoms with van der Waals surface area (Å²) >= 11 is 0. The van der Waals surface area contributed by atoms with Crippen molar-refractivity contribution in [3.63, 3.8) is 0 Å². The Morgan fingerprint density at radius 2 is 1.31 bits per heavy atom. The van der Waals surface area contributed by atoms with Crippen LogP contribution in [0.4, 0.5) is 10.1 Å². The molecule has 0 radical (unpaired) electrons. The molecule has 0 saturated carbocycles. The van der Waals surface area contributed by atoms with Gasteiger partial charge >= 0.3 is 0 Å². The highest BCUT2D eigenvalue weighted by Crippen LogP contribution is 2.43. The van der Waals surface area contributed by atoms with Gasteiger partial charge in [-0.1, -0.05) is 78.9 Å². The number of sulfonamides is 1. The molecule has 0 fully saturated rings. The largest absolute Gasteiger partial charge is 0.332 e. The van der Waals surface area contributed by atoms with Gasteiger partial charge in [-0.15, -0.1) is 0 Å². The predicted molar refractivity (Wildman–Crippen MR) is 134 cm³/mol. The third-order valence-electron chi connectivity index (χ3n) is 6.04. The summed E-state index contributed by atoms with van der Waals surface area (Å²) in [5.41, 5.74) is 3.03. The van der Waals surface area contributed by atoms with Crippen LogP contribution in [0.5, 0.6) is 0 Å². The van der Waals surface area contributed by atoms with E-state index < -0.39 is 22.4 Å². The lowest BCUT2D eigenvalue weighted by molar-refractivity contribution is -0.130. The number of carbonyl (C=O) groups excluding carboxylic acids is 1. The standard InChI is InChI=1S/C28H23FN2O3S/c29-23-15-16-26-25(17-23)24-13-7-8-14-27(24)35(33,34)31(26)20-28(32)30(18-21-9-3-1-4-10-21)19-22-11-5-2-6-12-22/h1-17H,18-20H2. The molecule has 0 aromatic heterocycles. The molecule has 1 amide bonds. The van der Waals surface area contributed by atoms with E-state index in [2.05, 4.69) is 0 Å². The minimum atomic E-state index is -4.02. The van der Waals surface area contributed by atoms with Crippen molar-refractivity contribution in [3.8, 4) is 11.1 Å². The molecule has 0 bridgehead atoms. The number of benzene rings is 4. The van der Waals surface area contributed by atoms with Crippen LogP contribution in [0.3, 0.4) is 0 Å². The first kappa shape index (κ1) is 22.8. The molecule has 0 atom stereocenters. The van der Waals surface area contributed by atoms with E-state index in [9.17, 15) is 17.6 Å². The molecule has 0 unspecified atom stereocenters. The van der Waals surface area contributed by atoms with Crippen LogP contribution < -0.4 is 4.31 Å². The van der Waals surface area contributed by atoms with Gasteiger partial charge in [-0.2, -0.15) is 0 Å². The van der Waals surface area contributed by atoms with Gasteiger partial charge < -0.3 is 4.90 Å². The van der Waals surface area contributed by atoms with E-state index in [4.69, 9.17) is 0 Å². The molecule has 0 N–H and O–H groups in total. The summed E-state index contributed by atoms with van der Waals surface area (Å²) in [4.78, 5) is 15.3. The topological polar surface area (TPSA) is 57.7 Å². The van der Waals surface area contributed by atoms with Crippen molar-refractivity contribution in [1.82, 2.24) is 4.90 Å². The first-order chi connectivity index (χ1) is 16.9. The fourth-order valence-electron chi connectivity index (χ4n) is 4.34. The van der Waals surface area contributed by atoms with E-state index in [1.165, 1.54) is 24.3 Å². The van der Waals surface area contributed by atoms with E-state index in [0.29, 0.717) is 24.2 Å². The lowest BCUT2D eigenvalue weighted by atomic mass is 10.0. The Hall–Kier alpha value is -3.97. The van der Waals surface area contributed by atoms with Crippen LogP contribution >= 0.6 is 0 Å². The van der Waals surface area contributed by atoms with Crippen molar-refractivity contribution in [1.29, 1.82) is 0 Å². The van der Waals surface area contributed by atoms with Crippen LogP contribution in [-0.2, 0) is 27.9 Å². The van der Waals surface area contributed by atoms with Crippen molar-refractivity contribution in [2.24, 2.45) is 0 Å². The van der Waals surface area contributed by atoms with Gasteiger partial charge in [0.25, 0.3) is 10.0 Å². The summed E-state index contributed by atoms with van der Waals surface area (Å²) < 4.78 is 42.4. The number of anilines is 1. The zero-order chi connectivity index (χ0) is 24.4. The van der Waals surface area contributed by atoms with Crippen molar-refractivity contribution < 1.29 is 17.6 Å². The molecular weight excluding hydrogens is 463 g/mol. The maximum absolute atomic E-state index is 14.1. The second kappa shape index (κ2) is 9.35. The maximum atomic E-state index is 14.1. The van der Waals surface area contributed by atoms with Crippen molar-refractivity contribution >= 4 is 21.6 Å². The van der Waals surface area contributed by atoms with Crippen molar-refractivity contribution in [2.45, 2.75) is 18.0 Å². The molecule has 4 aromatic carbocycles. The Morgan fingerprint density at radius 3 is 1.94 bits per heavy atom. The highest BCUT2D eigenvalue weighted by Gasteiger charge is 2.36. The number of hydrogen-bond acceptors (Lipinski definition) is 3. The van der Waals surface area contributed by atoms with Crippen LogP contribution in [0.15, 0.2) is 108 Å². The zero-order valence-corrected chi connectivity index (χ0v) is 19.7. The van der Waals surface area contributed by atoms with E-state index >= 15 is 0 Å². The summed E-state index contributed by atoms with van der Waals surface area (Å²) in [6.45, 7) is 0.263. The smallest absolute Gasteiger partial charge is 0.265 e. The molecule has 1 aliphatic heterocycles. The maximum Gasteiger partial charge on any atom is 0.265 e. The molecule has 1 aliphatic rings. The fraction of sp³-hybridized carbons (Fsp3) is 0.107. The lowest BCUT2D eigenvalue weighted by Crippen LogP contribution is -2.44. The molecule has 4 aromatic rings. The minimum absolute atomic E-state index is 0.0589. The average molecular weight is 487 g/mol. The number of nitrogens with zero attached hydrogens (tertiary/aromatic N) is 2. The second-order valence-electron chi connectivity index (χ2n) is 8.39. The van der Waals surface area contributed by atoms with Gasteiger partial charge in [0.1, 0.15) is 12.4 Å². The third-order valence-corrected chi connectivity index (χ3v) is 7.85. The van der Waals surface area contributed by atoms with Crippen molar-refractivity contribution in [2.75, 3.05) is 10.8 Å². The minimum Gasteiger partial charge on any atom is -0.332 e. The van der Waals surface area contributed by atoms with Gasteiger partial charge in [-0.25, -0.2) is 12.8 Å². The molecule has 5 nitrogen and oxygen atoms in total.